The molecule has 0 spiro atoms. The third-order valence-corrected chi connectivity index (χ3v) is 13.0. The lowest BCUT2D eigenvalue weighted by molar-refractivity contribution is -0.138. The van der Waals surface area contributed by atoms with E-state index in [1.807, 2.05) is 7.05 Å². The highest BCUT2D eigenvalue weighted by molar-refractivity contribution is 6.10. The maximum atomic E-state index is 14.9. The van der Waals surface area contributed by atoms with Crippen LogP contribution >= 0.6 is 0 Å². The first-order valence-corrected chi connectivity index (χ1v) is 22.7. The van der Waals surface area contributed by atoms with Crippen LogP contribution < -0.4 is 26.2 Å². The average Bonchev–Trinajstić information content (AvgIpc) is 3.85. The van der Waals surface area contributed by atoms with Crippen molar-refractivity contribution in [2.45, 2.75) is 110 Å². The van der Waals surface area contributed by atoms with Crippen LogP contribution in [0.2, 0.25) is 0 Å². The Balaban J connectivity index is 1.18. The smallest absolute Gasteiger partial charge is 0.416 e. The van der Waals surface area contributed by atoms with Crippen LogP contribution in [0.1, 0.15) is 111 Å². The minimum atomic E-state index is -4.74. The molecule has 1 saturated heterocycles. The number of carbonyl (C=O) groups excluding carboxylic acids is 4. The van der Waals surface area contributed by atoms with Gasteiger partial charge in [0.25, 0.3) is 5.91 Å². The van der Waals surface area contributed by atoms with Crippen LogP contribution in [0.4, 0.5) is 35.3 Å². The number of nitrogens with two attached hydrogens (primary N) is 1. The Bertz CT molecular complexity index is 2530. The van der Waals surface area contributed by atoms with Gasteiger partial charge in [0.1, 0.15) is 36.4 Å². The number of hydrogen-bond acceptors (Lipinski definition) is 11. The molecular formula is C48H58F3N11O5. The molecule has 67 heavy (non-hydrogen) atoms. The van der Waals surface area contributed by atoms with Gasteiger partial charge in [-0.1, -0.05) is 39.8 Å². The Hall–Kier alpha value is -6.39. The van der Waals surface area contributed by atoms with Crippen LogP contribution in [-0.4, -0.2) is 80.2 Å². The van der Waals surface area contributed by atoms with E-state index in [0.717, 1.165) is 32.0 Å². The van der Waals surface area contributed by atoms with Gasteiger partial charge in [-0.25, -0.2) is 9.78 Å². The van der Waals surface area contributed by atoms with E-state index < -0.39 is 59.6 Å². The van der Waals surface area contributed by atoms with Gasteiger partial charge in [-0.05, 0) is 116 Å². The highest BCUT2D eigenvalue weighted by atomic mass is 19.4. The van der Waals surface area contributed by atoms with Gasteiger partial charge >= 0.3 is 12.3 Å². The number of ether oxygens (including phenoxy) is 1. The highest BCUT2D eigenvalue weighted by Gasteiger charge is 2.49. The molecule has 7 rings (SSSR count). The van der Waals surface area contributed by atoms with Crippen molar-refractivity contribution in [2.75, 3.05) is 34.8 Å². The summed E-state index contributed by atoms with van der Waals surface area (Å²) in [5.74, 6) is -0.332. The minimum absolute atomic E-state index is 0.0263. The number of fused-ring (bicyclic) bond motifs is 1. The van der Waals surface area contributed by atoms with Gasteiger partial charge in [0.05, 0.1) is 36.1 Å². The summed E-state index contributed by atoms with van der Waals surface area (Å²) in [6, 6.07) is 13.0. The molecule has 16 nitrogen and oxygen atoms in total. The topological polar surface area (TPSA) is 205 Å². The Kier molecular flexibility index (Phi) is 14.4. The van der Waals surface area contributed by atoms with Crippen LogP contribution in [-0.2, 0) is 52.7 Å². The van der Waals surface area contributed by atoms with Crippen molar-refractivity contribution < 1.29 is 37.1 Å². The molecule has 0 bridgehead atoms. The number of likely N-dealkylation sites (tertiary alicyclic amines) is 1. The summed E-state index contributed by atoms with van der Waals surface area (Å²) in [6.07, 6.45) is -0.932. The second-order valence-electron chi connectivity index (χ2n) is 18.8. The standard InChI is InChI=1S/C48H58F3N11O5/c1-28(2)41(53)43(64)55-31(5)42(63)56-35-12-10-32(11-13-35)26-67-46(66)61(16-8-14-52)39-19-34(47(21-30(4)22-47)45-58-54-27-59(45)6)20-40(57-39)62-25-37-36(44(62)65)17-33(18-38(37)48(49,50)51)24-60-15-7-9-29(3)23-60/h10-13,17-20,27-31,41H,7-9,15-16,21-26,53H2,1-6H3,(H,55,64)(H,56,63)/t29-,30?,31-,41-,47?/m0/s1. The maximum Gasteiger partial charge on any atom is 0.416 e. The van der Waals surface area contributed by atoms with E-state index in [4.69, 9.17) is 15.5 Å². The summed E-state index contributed by atoms with van der Waals surface area (Å²) in [5, 5.41) is 23.6. The van der Waals surface area contributed by atoms with Crippen LogP contribution in [0.5, 0.6) is 0 Å². The summed E-state index contributed by atoms with van der Waals surface area (Å²) >= 11 is 0. The number of nitriles is 1. The molecule has 2 aromatic carbocycles. The molecule has 1 saturated carbocycles. The second-order valence-corrected chi connectivity index (χ2v) is 18.8. The fraction of sp³-hybridized carbons (Fsp3) is 0.500. The molecule has 2 aliphatic heterocycles. The number of anilines is 3. The van der Waals surface area contributed by atoms with Gasteiger partial charge in [-0.15, -0.1) is 10.2 Å². The third-order valence-electron chi connectivity index (χ3n) is 13.0. The number of aryl methyl sites for hydroxylation is 1. The lowest BCUT2D eigenvalue weighted by Crippen LogP contribution is -2.50. The fourth-order valence-electron chi connectivity index (χ4n) is 9.43. The molecule has 4 amide bonds. The van der Waals surface area contributed by atoms with E-state index in [2.05, 4.69) is 45.6 Å². The Morgan fingerprint density at radius 3 is 2.40 bits per heavy atom. The first kappa shape index (κ1) is 48.5. The fourth-order valence-corrected chi connectivity index (χ4v) is 9.43. The lowest BCUT2D eigenvalue weighted by Gasteiger charge is -2.46. The number of hydrogen-bond donors (Lipinski definition) is 3. The van der Waals surface area contributed by atoms with Crippen molar-refractivity contribution in [1.29, 1.82) is 5.26 Å². The SMILES string of the molecule is CC1CC(c2cc(N(CCC#N)C(=O)OCc3ccc(NC(=O)[C@H](C)NC(=O)[C@@H](N)C(C)C)cc3)nc(N3Cc4c(cc(CN5CCC[C@H](C)C5)cc4C(F)(F)F)C3=O)c2)(c2nncn2C)C1. The summed E-state index contributed by atoms with van der Waals surface area (Å²) < 4.78 is 52.2. The molecule has 3 aliphatic rings. The largest absolute Gasteiger partial charge is 0.444 e. The van der Waals surface area contributed by atoms with Crippen molar-refractivity contribution in [3.05, 3.63) is 94.1 Å². The minimum Gasteiger partial charge on any atom is -0.444 e. The summed E-state index contributed by atoms with van der Waals surface area (Å²) in [7, 11) is 1.81. The third kappa shape index (κ3) is 10.6. The molecule has 19 heteroatoms. The van der Waals surface area contributed by atoms with Gasteiger partial charge in [0.2, 0.25) is 11.8 Å². The number of alkyl halides is 3. The van der Waals surface area contributed by atoms with E-state index in [9.17, 15) is 37.6 Å². The number of halogens is 3. The van der Waals surface area contributed by atoms with Crippen molar-refractivity contribution in [2.24, 2.45) is 30.5 Å². The molecule has 0 radical (unpaired) electrons. The Morgan fingerprint density at radius 2 is 1.78 bits per heavy atom. The van der Waals surface area contributed by atoms with Gasteiger partial charge in [0, 0.05) is 37.9 Å². The first-order chi connectivity index (χ1) is 31.8. The number of rotatable bonds is 15. The molecule has 2 aromatic heterocycles. The number of carbonyl (C=O) groups is 4. The number of benzene rings is 2. The molecule has 1 aliphatic carbocycles. The molecule has 4 N–H and O–H groups in total. The molecule has 2 fully saturated rings. The van der Waals surface area contributed by atoms with Crippen molar-refractivity contribution in [3.63, 3.8) is 0 Å². The zero-order valence-corrected chi connectivity index (χ0v) is 38.7. The van der Waals surface area contributed by atoms with E-state index in [0.29, 0.717) is 47.0 Å². The summed E-state index contributed by atoms with van der Waals surface area (Å²) in [6.45, 7) is 10.3. The average molecular weight is 926 g/mol. The van der Waals surface area contributed by atoms with Crippen LogP contribution in [0.3, 0.4) is 0 Å². The molecule has 4 heterocycles. The van der Waals surface area contributed by atoms with E-state index in [-0.39, 0.29) is 60.7 Å². The van der Waals surface area contributed by atoms with Gasteiger partial charge in [0.15, 0.2) is 0 Å². The van der Waals surface area contributed by atoms with Crippen molar-refractivity contribution in [3.8, 4) is 6.07 Å². The normalized spacial score (nSPS) is 20.4. The van der Waals surface area contributed by atoms with Crippen LogP contribution in [0, 0.1) is 29.1 Å². The lowest BCUT2D eigenvalue weighted by atomic mass is 9.58. The predicted octanol–water partition coefficient (Wildman–Crippen LogP) is 6.82. The van der Waals surface area contributed by atoms with E-state index >= 15 is 0 Å². The Morgan fingerprint density at radius 1 is 1.04 bits per heavy atom. The second kappa shape index (κ2) is 19.8. The molecule has 356 valence electrons. The molecule has 0 unspecified atom stereocenters. The summed E-state index contributed by atoms with van der Waals surface area (Å²) in [4.78, 5) is 63.1. The van der Waals surface area contributed by atoms with E-state index in [1.54, 1.807) is 74.1 Å². The monoisotopic (exact) mass is 925 g/mol. The number of pyridine rings is 1. The van der Waals surface area contributed by atoms with Crippen LogP contribution in [0.15, 0.2) is 54.9 Å². The Labute approximate surface area is 388 Å². The van der Waals surface area contributed by atoms with Gasteiger partial charge in [-0.2, -0.15) is 18.4 Å². The number of nitrogens with one attached hydrogen (secondary N) is 2. The van der Waals surface area contributed by atoms with Gasteiger partial charge in [-0.3, -0.25) is 29.1 Å². The molecular weight excluding hydrogens is 868 g/mol. The van der Waals surface area contributed by atoms with Crippen molar-refractivity contribution >= 4 is 41.1 Å². The predicted molar refractivity (Wildman–Crippen MR) is 243 cm³/mol. The number of amides is 4. The number of nitrogens with zero attached hydrogens (tertiary/aromatic N) is 8. The zero-order chi connectivity index (χ0) is 48.4. The number of piperidine rings is 1. The quantitative estimate of drug-likeness (QED) is 0.113. The number of aromatic nitrogens is 4. The zero-order valence-electron chi connectivity index (χ0n) is 38.7. The van der Waals surface area contributed by atoms with Crippen molar-refractivity contribution in [1.82, 2.24) is 30.0 Å². The first-order valence-electron chi connectivity index (χ1n) is 22.7. The molecule has 4 aromatic rings. The van der Waals surface area contributed by atoms with Crippen LogP contribution in [0.25, 0.3) is 0 Å². The maximum absolute atomic E-state index is 14.9. The molecule has 3 atom stereocenters. The van der Waals surface area contributed by atoms with Gasteiger partial charge < -0.3 is 25.7 Å². The highest BCUT2D eigenvalue weighted by Crippen LogP contribution is 2.53. The van der Waals surface area contributed by atoms with E-state index in [1.165, 1.54) is 9.80 Å². The summed E-state index contributed by atoms with van der Waals surface area (Å²) in [5.41, 5.74) is 6.07.